The Morgan fingerprint density at radius 2 is 2.00 bits per heavy atom. The maximum absolute atomic E-state index is 4.24. The van der Waals surface area contributed by atoms with Gasteiger partial charge in [-0.05, 0) is 6.92 Å². The van der Waals surface area contributed by atoms with Gasteiger partial charge in [-0.25, -0.2) is 4.98 Å². The topological polar surface area (TPSA) is 50.7 Å². The summed E-state index contributed by atoms with van der Waals surface area (Å²) in [5.74, 6) is 0.811. The summed E-state index contributed by atoms with van der Waals surface area (Å²) in [7, 11) is 0. The van der Waals surface area contributed by atoms with Crippen LogP contribution in [-0.4, -0.2) is 15.2 Å². The van der Waals surface area contributed by atoms with Gasteiger partial charge in [-0.1, -0.05) is 24.3 Å². The zero-order valence-electron chi connectivity index (χ0n) is 9.92. The third-order valence-corrected chi connectivity index (χ3v) is 3.54. The van der Waals surface area contributed by atoms with Crippen molar-refractivity contribution in [1.29, 1.82) is 0 Å². The molecule has 0 spiro atoms. The first kappa shape index (κ1) is 11.1. The standard InChI is InChI=1S/C13H12N4S/c1-9-10-4-2-3-5-11(10)13(17-16-9)15-8-12-14-6-7-18-12/h2-7H,8H2,1H3,(H,15,17). The number of aryl methyl sites for hydroxylation is 1. The van der Waals surface area contributed by atoms with Crippen LogP contribution < -0.4 is 5.32 Å². The molecule has 0 aliphatic heterocycles. The van der Waals surface area contributed by atoms with Crippen LogP contribution in [-0.2, 0) is 6.54 Å². The van der Waals surface area contributed by atoms with Crippen molar-refractivity contribution in [3.63, 3.8) is 0 Å². The van der Waals surface area contributed by atoms with Crippen LogP contribution in [0.4, 0.5) is 5.82 Å². The molecule has 0 saturated heterocycles. The number of benzene rings is 1. The molecule has 0 atom stereocenters. The Morgan fingerprint density at radius 3 is 2.78 bits per heavy atom. The summed E-state index contributed by atoms with van der Waals surface area (Å²) in [5, 5.41) is 16.9. The van der Waals surface area contributed by atoms with E-state index in [0.717, 1.165) is 27.3 Å². The average molecular weight is 256 g/mol. The van der Waals surface area contributed by atoms with Gasteiger partial charge in [0.2, 0.25) is 0 Å². The lowest BCUT2D eigenvalue weighted by atomic mass is 10.1. The minimum Gasteiger partial charge on any atom is -0.362 e. The number of rotatable bonds is 3. The van der Waals surface area contributed by atoms with Crippen LogP contribution in [0.25, 0.3) is 10.8 Å². The first-order chi connectivity index (χ1) is 8.84. The highest BCUT2D eigenvalue weighted by Crippen LogP contribution is 2.22. The summed E-state index contributed by atoms with van der Waals surface area (Å²) in [4.78, 5) is 4.24. The molecular weight excluding hydrogens is 244 g/mol. The lowest BCUT2D eigenvalue weighted by Gasteiger charge is -2.07. The van der Waals surface area contributed by atoms with Crippen LogP contribution in [0.3, 0.4) is 0 Å². The lowest BCUT2D eigenvalue weighted by Crippen LogP contribution is -2.03. The number of anilines is 1. The molecule has 0 aliphatic carbocycles. The lowest BCUT2D eigenvalue weighted by molar-refractivity contribution is 0.979. The fraction of sp³-hybridized carbons (Fsp3) is 0.154. The number of hydrogen-bond donors (Lipinski definition) is 1. The highest BCUT2D eigenvalue weighted by atomic mass is 32.1. The Balaban J connectivity index is 1.94. The maximum atomic E-state index is 4.24. The Bertz CT molecular complexity index is 664. The van der Waals surface area contributed by atoms with E-state index in [2.05, 4.69) is 32.6 Å². The van der Waals surface area contributed by atoms with Gasteiger partial charge in [-0.2, -0.15) is 5.10 Å². The number of hydrogen-bond acceptors (Lipinski definition) is 5. The third-order valence-electron chi connectivity index (χ3n) is 2.76. The summed E-state index contributed by atoms with van der Waals surface area (Å²) >= 11 is 1.63. The molecule has 1 aromatic carbocycles. The van der Waals surface area contributed by atoms with Gasteiger partial charge in [-0.3, -0.25) is 0 Å². The monoisotopic (exact) mass is 256 g/mol. The molecule has 0 fully saturated rings. The fourth-order valence-corrected chi connectivity index (χ4v) is 2.42. The smallest absolute Gasteiger partial charge is 0.156 e. The molecule has 0 unspecified atom stereocenters. The van der Waals surface area contributed by atoms with Gasteiger partial charge in [-0.15, -0.1) is 16.4 Å². The predicted molar refractivity (Wildman–Crippen MR) is 73.7 cm³/mol. The van der Waals surface area contributed by atoms with E-state index in [1.807, 2.05) is 24.4 Å². The van der Waals surface area contributed by atoms with Gasteiger partial charge < -0.3 is 5.32 Å². The highest BCUT2D eigenvalue weighted by Gasteiger charge is 2.06. The number of nitrogens with zero attached hydrogens (tertiary/aromatic N) is 3. The number of nitrogens with one attached hydrogen (secondary N) is 1. The largest absolute Gasteiger partial charge is 0.362 e. The number of aromatic nitrogens is 3. The second-order valence-corrected chi connectivity index (χ2v) is 4.94. The van der Waals surface area contributed by atoms with Crippen LogP contribution >= 0.6 is 11.3 Å². The van der Waals surface area contributed by atoms with Gasteiger partial charge in [0.15, 0.2) is 5.82 Å². The van der Waals surface area contributed by atoms with Crippen LogP contribution in [0.2, 0.25) is 0 Å². The van der Waals surface area contributed by atoms with E-state index >= 15 is 0 Å². The predicted octanol–water partition coefficient (Wildman–Crippen LogP) is 3.01. The van der Waals surface area contributed by atoms with Crippen molar-refractivity contribution in [3.8, 4) is 0 Å². The number of fused-ring (bicyclic) bond motifs is 1. The first-order valence-electron chi connectivity index (χ1n) is 5.69. The SMILES string of the molecule is Cc1nnc(NCc2nccs2)c2ccccc12. The van der Waals surface area contributed by atoms with Gasteiger partial charge in [0.05, 0.1) is 12.2 Å². The normalized spacial score (nSPS) is 10.7. The van der Waals surface area contributed by atoms with Gasteiger partial charge in [0.25, 0.3) is 0 Å². The van der Waals surface area contributed by atoms with E-state index in [1.165, 1.54) is 0 Å². The van der Waals surface area contributed by atoms with Crippen LogP contribution in [0.1, 0.15) is 10.7 Å². The molecule has 0 radical (unpaired) electrons. The highest BCUT2D eigenvalue weighted by molar-refractivity contribution is 7.09. The molecule has 3 aromatic rings. The summed E-state index contributed by atoms with van der Waals surface area (Å²) in [6.45, 7) is 2.65. The van der Waals surface area contributed by atoms with Gasteiger partial charge >= 0.3 is 0 Å². The minimum atomic E-state index is 0.680. The summed E-state index contributed by atoms with van der Waals surface area (Å²) < 4.78 is 0. The van der Waals surface area contributed by atoms with Gasteiger partial charge in [0, 0.05) is 22.3 Å². The fourth-order valence-electron chi connectivity index (χ4n) is 1.87. The van der Waals surface area contributed by atoms with Crippen molar-refractivity contribution in [2.75, 3.05) is 5.32 Å². The van der Waals surface area contributed by atoms with Crippen LogP contribution in [0, 0.1) is 6.92 Å². The van der Waals surface area contributed by atoms with Crippen molar-refractivity contribution in [3.05, 3.63) is 46.5 Å². The van der Waals surface area contributed by atoms with Crippen LogP contribution in [0.5, 0.6) is 0 Å². The zero-order valence-corrected chi connectivity index (χ0v) is 10.7. The molecule has 4 nitrogen and oxygen atoms in total. The Kier molecular flexibility index (Phi) is 2.90. The maximum Gasteiger partial charge on any atom is 0.156 e. The zero-order chi connectivity index (χ0) is 12.4. The second-order valence-electron chi connectivity index (χ2n) is 3.96. The average Bonchev–Trinajstić information content (AvgIpc) is 2.92. The van der Waals surface area contributed by atoms with E-state index < -0.39 is 0 Å². The van der Waals surface area contributed by atoms with E-state index in [9.17, 15) is 0 Å². The molecule has 3 rings (SSSR count). The summed E-state index contributed by atoms with van der Waals surface area (Å²) in [5.41, 5.74) is 0.949. The number of thiazole rings is 1. The Morgan fingerprint density at radius 1 is 1.17 bits per heavy atom. The van der Waals surface area contributed by atoms with Crippen molar-refractivity contribution in [2.24, 2.45) is 0 Å². The molecule has 0 aliphatic rings. The second kappa shape index (κ2) is 4.70. The third kappa shape index (κ3) is 2.04. The van der Waals surface area contributed by atoms with Gasteiger partial charge in [0.1, 0.15) is 5.01 Å². The molecule has 0 amide bonds. The van der Waals surface area contributed by atoms with E-state index in [1.54, 1.807) is 17.5 Å². The molecule has 0 saturated carbocycles. The Hall–Kier alpha value is -2.01. The minimum absolute atomic E-state index is 0.680. The molecule has 90 valence electrons. The molecule has 18 heavy (non-hydrogen) atoms. The van der Waals surface area contributed by atoms with E-state index in [0.29, 0.717) is 6.54 Å². The van der Waals surface area contributed by atoms with E-state index in [-0.39, 0.29) is 0 Å². The summed E-state index contributed by atoms with van der Waals surface area (Å²) in [6.07, 6.45) is 1.81. The molecule has 0 bridgehead atoms. The molecule has 1 N–H and O–H groups in total. The van der Waals surface area contributed by atoms with Crippen molar-refractivity contribution >= 4 is 27.9 Å². The Labute approximate surface area is 109 Å². The molecule has 2 aromatic heterocycles. The van der Waals surface area contributed by atoms with Crippen molar-refractivity contribution in [1.82, 2.24) is 15.2 Å². The van der Waals surface area contributed by atoms with E-state index in [4.69, 9.17) is 0 Å². The van der Waals surface area contributed by atoms with Crippen molar-refractivity contribution < 1.29 is 0 Å². The molecule has 5 heteroatoms. The quantitative estimate of drug-likeness (QED) is 0.782. The molecular formula is C13H12N4S. The first-order valence-corrected chi connectivity index (χ1v) is 6.57. The van der Waals surface area contributed by atoms with Crippen LogP contribution in [0.15, 0.2) is 35.8 Å². The van der Waals surface area contributed by atoms with Crippen molar-refractivity contribution in [2.45, 2.75) is 13.5 Å². The summed E-state index contributed by atoms with van der Waals surface area (Å²) in [6, 6.07) is 8.15. The molecule has 2 heterocycles.